The Morgan fingerprint density at radius 3 is 2.08 bits per heavy atom. The Balaban J connectivity index is -0.000000142. The van der Waals surface area contributed by atoms with E-state index in [1.807, 2.05) is 0 Å². The maximum atomic E-state index is 4.66. The molecule has 0 aromatic carbocycles. The second-order valence-corrected chi connectivity index (χ2v) is 3.37. The number of hydrogen-bond acceptors (Lipinski definition) is 2. The fourth-order valence-corrected chi connectivity index (χ4v) is 0.604. The van der Waals surface area contributed by atoms with Crippen LogP contribution in [0.2, 0.25) is 0 Å². The van der Waals surface area contributed by atoms with Gasteiger partial charge in [-0.1, -0.05) is 36.9 Å². The molecule has 0 aliphatic rings. The minimum Gasteiger partial charge on any atom is -0.415 e. The minimum atomic E-state index is 0. The topological polar surface area (TPSA) is 26.0 Å². The van der Waals surface area contributed by atoms with Crippen LogP contribution in [0.3, 0.4) is 0 Å². The third-order valence-electron chi connectivity index (χ3n) is 1.10. The molecule has 68 valence electrons. The molecular formula is C8H17NS2Zn. The zero-order chi connectivity index (χ0) is 9.11. The van der Waals surface area contributed by atoms with Gasteiger partial charge in [-0.3, -0.25) is 0 Å². The van der Waals surface area contributed by atoms with Gasteiger partial charge >= 0.3 is 19.5 Å². The third kappa shape index (κ3) is 45.4. The van der Waals surface area contributed by atoms with Crippen LogP contribution in [0.4, 0.5) is 0 Å². The average Bonchev–Trinajstić information content (AvgIpc) is 1.88. The first-order valence-electron chi connectivity index (χ1n) is 3.90. The van der Waals surface area contributed by atoms with E-state index in [9.17, 15) is 0 Å². The number of hydrogen-bond donors (Lipinski definition) is 1. The molecule has 1 nitrogen and oxygen atoms in total. The molecule has 0 atom stereocenters. The molecular weight excluding hydrogens is 240 g/mol. The van der Waals surface area contributed by atoms with E-state index >= 15 is 0 Å². The van der Waals surface area contributed by atoms with Crippen LogP contribution >= 0.6 is 12.2 Å². The summed E-state index contributed by atoms with van der Waals surface area (Å²) in [5.41, 5.74) is 4.66. The van der Waals surface area contributed by atoms with Crippen molar-refractivity contribution in [1.82, 2.24) is 0 Å². The second kappa shape index (κ2) is 17.7. The summed E-state index contributed by atoms with van der Waals surface area (Å²) >= 11 is 8.26. The van der Waals surface area contributed by atoms with E-state index in [2.05, 4.69) is 44.4 Å². The van der Waals surface area contributed by atoms with E-state index < -0.39 is 0 Å². The molecule has 0 aromatic rings. The summed E-state index contributed by atoms with van der Waals surface area (Å²) in [6.45, 7) is 5.98. The van der Waals surface area contributed by atoms with Crippen LogP contribution in [-0.4, -0.2) is 4.32 Å². The average molecular weight is 257 g/mol. The van der Waals surface area contributed by atoms with Crippen molar-refractivity contribution in [1.29, 1.82) is 0 Å². The van der Waals surface area contributed by atoms with E-state index in [1.165, 1.54) is 25.7 Å². The summed E-state index contributed by atoms with van der Waals surface area (Å²) in [4.78, 5) is 0. The predicted molar refractivity (Wildman–Crippen MR) is 58.3 cm³/mol. The van der Waals surface area contributed by atoms with Gasteiger partial charge < -0.3 is 37.5 Å². The molecule has 0 spiro atoms. The molecule has 4 heteroatoms. The SMILES string of the molecule is NC(=S)[S-].[CH2-]CCCCCC.[Zn+2]. The zero-order valence-electron chi connectivity index (χ0n) is 7.84. The smallest absolute Gasteiger partial charge is 0.415 e. The van der Waals surface area contributed by atoms with Gasteiger partial charge in [0.25, 0.3) is 0 Å². The first kappa shape index (κ1) is 18.5. The normalized spacial score (nSPS) is 7.50. The van der Waals surface area contributed by atoms with Gasteiger partial charge in [0.2, 0.25) is 0 Å². The monoisotopic (exact) mass is 255 g/mol. The zero-order valence-corrected chi connectivity index (χ0v) is 12.4. The summed E-state index contributed by atoms with van der Waals surface area (Å²) in [7, 11) is 0. The first-order valence-corrected chi connectivity index (χ1v) is 4.72. The quantitative estimate of drug-likeness (QED) is 0.275. The van der Waals surface area contributed by atoms with Gasteiger partial charge in [0.1, 0.15) is 0 Å². The molecule has 0 rings (SSSR count). The van der Waals surface area contributed by atoms with E-state index in [0.29, 0.717) is 0 Å². The fraction of sp³-hybridized carbons (Fsp3) is 0.750. The molecule has 0 aromatic heterocycles. The molecule has 0 saturated carbocycles. The maximum Gasteiger partial charge on any atom is 2.00 e. The number of thiocarbonyl (C=S) groups is 1. The fourth-order valence-electron chi connectivity index (χ4n) is 0.604. The van der Waals surface area contributed by atoms with Gasteiger partial charge in [0.15, 0.2) is 0 Å². The number of nitrogens with two attached hydrogens (primary N) is 1. The van der Waals surface area contributed by atoms with Gasteiger partial charge in [0.05, 0.1) is 0 Å². The van der Waals surface area contributed by atoms with Crippen LogP contribution in [-0.2, 0) is 32.1 Å². The van der Waals surface area contributed by atoms with Crippen molar-refractivity contribution in [3.8, 4) is 0 Å². The molecule has 0 saturated heterocycles. The van der Waals surface area contributed by atoms with Gasteiger partial charge in [-0.15, -0.1) is 0 Å². The Hall–Kier alpha value is 0.733. The van der Waals surface area contributed by atoms with Crippen LogP contribution in [0, 0.1) is 6.92 Å². The molecule has 12 heavy (non-hydrogen) atoms. The summed E-state index contributed by atoms with van der Waals surface area (Å²) in [5, 5.41) is 0. The Bertz CT molecular complexity index is 81.1. The molecule has 0 radical (unpaired) electrons. The largest absolute Gasteiger partial charge is 2.00 e. The van der Waals surface area contributed by atoms with Gasteiger partial charge in [-0.05, 0) is 0 Å². The Morgan fingerprint density at radius 2 is 1.83 bits per heavy atom. The van der Waals surface area contributed by atoms with E-state index in [0.717, 1.165) is 6.42 Å². The molecule has 0 aliphatic heterocycles. The van der Waals surface area contributed by atoms with Gasteiger partial charge in [-0.2, -0.15) is 6.42 Å². The molecule has 0 aliphatic carbocycles. The Kier molecular flexibility index (Phi) is 27.3. The summed E-state index contributed by atoms with van der Waals surface area (Å²) < 4.78 is 0.0833. The van der Waals surface area contributed by atoms with Crippen molar-refractivity contribution in [3.05, 3.63) is 6.92 Å². The van der Waals surface area contributed by atoms with Crippen LogP contribution in [0.25, 0.3) is 0 Å². The summed E-state index contributed by atoms with van der Waals surface area (Å²) in [6.07, 6.45) is 6.52. The van der Waals surface area contributed by atoms with Crippen molar-refractivity contribution in [2.75, 3.05) is 0 Å². The standard InChI is InChI=1S/C7H15.CH3NS2.Zn/c1-3-5-7-6-4-2;2-1(3)4;/h1,3-7H2,2H3;(H3,2,3,4);/q-1;;+2/p-1. The van der Waals surface area contributed by atoms with Crippen molar-refractivity contribution in [2.24, 2.45) is 5.73 Å². The summed E-state index contributed by atoms with van der Waals surface area (Å²) in [6, 6.07) is 0. The number of rotatable bonds is 4. The van der Waals surface area contributed by atoms with Crippen molar-refractivity contribution < 1.29 is 19.5 Å². The molecule has 2 N–H and O–H groups in total. The van der Waals surface area contributed by atoms with Crippen LogP contribution in [0.5, 0.6) is 0 Å². The molecule has 0 amide bonds. The van der Waals surface area contributed by atoms with Crippen LogP contribution in [0.15, 0.2) is 0 Å². The van der Waals surface area contributed by atoms with Crippen molar-refractivity contribution in [3.63, 3.8) is 0 Å². The molecule has 0 heterocycles. The predicted octanol–water partition coefficient (Wildman–Crippen LogP) is 2.57. The van der Waals surface area contributed by atoms with E-state index in [4.69, 9.17) is 0 Å². The summed E-state index contributed by atoms with van der Waals surface area (Å²) in [5.74, 6) is 0. The van der Waals surface area contributed by atoms with Crippen molar-refractivity contribution >= 4 is 29.2 Å². The molecule has 0 unspecified atom stereocenters. The van der Waals surface area contributed by atoms with Gasteiger partial charge in [0, 0.05) is 0 Å². The maximum absolute atomic E-state index is 4.66. The number of unbranched alkanes of at least 4 members (excludes halogenated alkanes) is 4. The first-order chi connectivity index (χ1) is 5.15. The van der Waals surface area contributed by atoms with Crippen LogP contribution in [0.1, 0.15) is 39.0 Å². The third-order valence-corrected chi connectivity index (χ3v) is 1.10. The van der Waals surface area contributed by atoms with E-state index in [1.54, 1.807) is 0 Å². The molecule has 0 bridgehead atoms. The second-order valence-electron chi connectivity index (χ2n) is 2.23. The van der Waals surface area contributed by atoms with Gasteiger partial charge in [-0.25, -0.2) is 0 Å². The van der Waals surface area contributed by atoms with Crippen LogP contribution < -0.4 is 5.73 Å². The Morgan fingerprint density at radius 1 is 1.42 bits per heavy atom. The molecule has 0 fully saturated rings. The Labute approximate surface area is 100 Å². The van der Waals surface area contributed by atoms with E-state index in [-0.39, 0.29) is 23.8 Å². The minimum absolute atomic E-state index is 0. The van der Waals surface area contributed by atoms with Crippen molar-refractivity contribution in [2.45, 2.75) is 39.0 Å².